The van der Waals surface area contributed by atoms with Crippen molar-refractivity contribution in [1.82, 2.24) is 0 Å². The Morgan fingerprint density at radius 1 is 0.950 bits per heavy atom. The van der Waals surface area contributed by atoms with Crippen LogP contribution in [0.3, 0.4) is 0 Å². The van der Waals surface area contributed by atoms with E-state index in [0.29, 0.717) is 11.3 Å². The van der Waals surface area contributed by atoms with E-state index in [1.807, 2.05) is 30.3 Å². The van der Waals surface area contributed by atoms with E-state index in [-0.39, 0.29) is 0 Å². The Bertz CT molecular complexity index is 585. The first-order chi connectivity index (χ1) is 9.58. The van der Waals surface area contributed by atoms with Gasteiger partial charge in [0.25, 0.3) is 0 Å². The van der Waals surface area contributed by atoms with Crippen LogP contribution in [0.5, 0.6) is 0 Å². The Morgan fingerprint density at radius 2 is 1.60 bits per heavy atom. The smallest absolute Gasteiger partial charge is 0.335 e. The Morgan fingerprint density at radius 3 is 2.25 bits per heavy atom. The van der Waals surface area contributed by atoms with Crippen LogP contribution in [-0.4, -0.2) is 27.4 Å². The molecule has 2 aromatic rings. The largest absolute Gasteiger partial charge is 0.479 e. The molecule has 0 heterocycles. The second-order valence-corrected chi connectivity index (χ2v) is 4.34. The summed E-state index contributed by atoms with van der Waals surface area (Å²) in [6.07, 6.45) is -3.31. The lowest BCUT2D eigenvalue weighted by Gasteiger charge is -2.15. The lowest BCUT2D eigenvalue weighted by molar-refractivity contribution is -0.153. The number of rotatable bonds is 5. The number of anilines is 2. The van der Waals surface area contributed by atoms with E-state index < -0.39 is 18.2 Å². The van der Waals surface area contributed by atoms with E-state index in [1.54, 1.807) is 24.3 Å². The van der Waals surface area contributed by atoms with Crippen molar-refractivity contribution in [2.75, 3.05) is 5.32 Å². The molecule has 0 radical (unpaired) electrons. The van der Waals surface area contributed by atoms with Crippen molar-refractivity contribution in [1.29, 1.82) is 0 Å². The second-order valence-electron chi connectivity index (χ2n) is 4.34. The van der Waals surface area contributed by atoms with Crippen LogP contribution >= 0.6 is 0 Å². The molecule has 0 spiro atoms. The second kappa shape index (κ2) is 6.18. The van der Waals surface area contributed by atoms with E-state index in [9.17, 15) is 15.0 Å². The third-order valence-corrected chi connectivity index (χ3v) is 2.84. The summed E-state index contributed by atoms with van der Waals surface area (Å²) in [6.45, 7) is 0. The summed E-state index contributed by atoms with van der Waals surface area (Å²) in [4.78, 5) is 10.7. The van der Waals surface area contributed by atoms with Crippen LogP contribution in [0.2, 0.25) is 0 Å². The van der Waals surface area contributed by atoms with Gasteiger partial charge in [0.1, 0.15) is 6.10 Å². The minimum absolute atomic E-state index is 0.334. The Hall–Kier alpha value is -2.37. The fourth-order valence-electron chi connectivity index (χ4n) is 1.81. The van der Waals surface area contributed by atoms with Crippen molar-refractivity contribution in [3.05, 3.63) is 60.2 Å². The quantitative estimate of drug-likeness (QED) is 0.668. The number of hydrogen-bond donors (Lipinski definition) is 4. The van der Waals surface area contributed by atoms with Gasteiger partial charge in [-0.25, -0.2) is 4.79 Å². The minimum Gasteiger partial charge on any atom is -0.479 e. The molecular weight excluding hydrogens is 258 g/mol. The molecule has 0 bridgehead atoms. The number of carbonyl (C=O) groups is 1. The van der Waals surface area contributed by atoms with Gasteiger partial charge in [-0.3, -0.25) is 0 Å². The van der Waals surface area contributed by atoms with Gasteiger partial charge in [-0.15, -0.1) is 0 Å². The van der Waals surface area contributed by atoms with Crippen LogP contribution < -0.4 is 5.32 Å². The zero-order valence-electron chi connectivity index (χ0n) is 10.6. The first kappa shape index (κ1) is 14.0. The summed E-state index contributed by atoms with van der Waals surface area (Å²) in [6, 6.07) is 16.1. The monoisotopic (exact) mass is 273 g/mol. The standard InChI is InChI=1S/C15H15NO4/c17-13(14(18)15(19)20)10-5-4-8-12(9-10)16-11-6-2-1-3-7-11/h1-9,13-14,16-18H,(H,19,20). The zero-order chi connectivity index (χ0) is 14.5. The lowest BCUT2D eigenvalue weighted by atomic mass is 10.0. The molecule has 2 atom stereocenters. The van der Waals surface area contributed by atoms with Crippen molar-refractivity contribution in [3.8, 4) is 0 Å². The molecule has 0 aliphatic carbocycles. The van der Waals surface area contributed by atoms with Gasteiger partial charge in [0.05, 0.1) is 0 Å². The third-order valence-electron chi connectivity index (χ3n) is 2.84. The van der Waals surface area contributed by atoms with Crippen molar-refractivity contribution in [2.45, 2.75) is 12.2 Å². The molecule has 0 fully saturated rings. The number of aliphatic hydroxyl groups is 2. The van der Waals surface area contributed by atoms with Crippen LogP contribution in [0.1, 0.15) is 11.7 Å². The molecular formula is C15H15NO4. The predicted octanol–water partition coefficient (Wildman–Crippen LogP) is 1.91. The van der Waals surface area contributed by atoms with Gasteiger partial charge in [-0.05, 0) is 29.8 Å². The van der Waals surface area contributed by atoms with Crippen LogP contribution in [0.4, 0.5) is 11.4 Å². The molecule has 4 N–H and O–H groups in total. The Labute approximate surface area is 116 Å². The third kappa shape index (κ3) is 3.34. The molecule has 2 rings (SSSR count). The molecule has 0 amide bonds. The number of benzene rings is 2. The fraction of sp³-hybridized carbons (Fsp3) is 0.133. The Kier molecular flexibility index (Phi) is 4.34. The zero-order valence-corrected chi connectivity index (χ0v) is 10.6. The van der Waals surface area contributed by atoms with Crippen LogP contribution in [0, 0.1) is 0 Å². The van der Waals surface area contributed by atoms with Gasteiger partial charge in [0, 0.05) is 11.4 Å². The molecule has 2 unspecified atom stereocenters. The first-order valence-corrected chi connectivity index (χ1v) is 6.09. The summed E-state index contributed by atoms with van der Waals surface area (Å²) in [7, 11) is 0. The average Bonchev–Trinajstić information content (AvgIpc) is 2.47. The van der Waals surface area contributed by atoms with Crippen molar-refractivity contribution in [2.24, 2.45) is 0 Å². The maximum atomic E-state index is 10.7. The molecule has 5 heteroatoms. The van der Waals surface area contributed by atoms with E-state index in [4.69, 9.17) is 5.11 Å². The molecule has 2 aromatic carbocycles. The van der Waals surface area contributed by atoms with E-state index in [2.05, 4.69) is 5.32 Å². The van der Waals surface area contributed by atoms with Crippen molar-refractivity contribution < 1.29 is 20.1 Å². The van der Waals surface area contributed by atoms with Gasteiger partial charge >= 0.3 is 5.97 Å². The summed E-state index contributed by atoms with van der Waals surface area (Å²) in [5.41, 5.74) is 1.91. The lowest BCUT2D eigenvalue weighted by Crippen LogP contribution is -2.27. The van der Waals surface area contributed by atoms with Gasteiger partial charge in [0.15, 0.2) is 6.10 Å². The van der Waals surface area contributed by atoms with E-state index >= 15 is 0 Å². The SMILES string of the molecule is O=C(O)C(O)C(O)c1cccc(Nc2ccccc2)c1. The normalized spacial score (nSPS) is 13.5. The highest BCUT2D eigenvalue weighted by Crippen LogP contribution is 2.23. The average molecular weight is 273 g/mol. The molecule has 0 saturated carbocycles. The van der Waals surface area contributed by atoms with Gasteiger partial charge in [-0.2, -0.15) is 0 Å². The van der Waals surface area contributed by atoms with Crippen molar-refractivity contribution >= 4 is 17.3 Å². The maximum absolute atomic E-state index is 10.7. The number of carboxylic acid groups (broad SMARTS) is 1. The number of aliphatic carboxylic acids is 1. The number of aliphatic hydroxyl groups excluding tert-OH is 2. The van der Waals surface area contributed by atoms with Crippen molar-refractivity contribution in [3.63, 3.8) is 0 Å². The molecule has 5 nitrogen and oxygen atoms in total. The summed E-state index contributed by atoms with van der Waals surface area (Å²) < 4.78 is 0. The van der Waals surface area contributed by atoms with Gasteiger partial charge in [-0.1, -0.05) is 30.3 Å². The predicted molar refractivity (Wildman–Crippen MR) is 74.8 cm³/mol. The minimum atomic E-state index is -1.85. The fourth-order valence-corrected chi connectivity index (χ4v) is 1.81. The number of hydrogen-bond acceptors (Lipinski definition) is 4. The van der Waals surface area contributed by atoms with Crippen LogP contribution in [0.15, 0.2) is 54.6 Å². The number of para-hydroxylation sites is 1. The molecule has 0 aromatic heterocycles. The molecule has 20 heavy (non-hydrogen) atoms. The highest BCUT2D eigenvalue weighted by atomic mass is 16.4. The van der Waals surface area contributed by atoms with Gasteiger partial charge in [0.2, 0.25) is 0 Å². The van der Waals surface area contributed by atoms with Crippen LogP contribution in [-0.2, 0) is 4.79 Å². The highest BCUT2D eigenvalue weighted by molar-refractivity contribution is 5.73. The number of carboxylic acids is 1. The Balaban J connectivity index is 2.18. The molecule has 0 aliphatic heterocycles. The summed E-state index contributed by atoms with van der Waals surface area (Å²) in [5, 5.41) is 31.0. The number of nitrogens with one attached hydrogen (secondary N) is 1. The highest BCUT2D eigenvalue weighted by Gasteiger charge is 2.25. The molecule has 104 valence electrons. The molecule has 0 aliphatic rings. The van der Waals surface area contributed by atoms with E-state index in [0.717, 1.165) is 5.69 Å². The van der Waals surface area contributed by atoms with Crippen LogP contribution in [0.25, 0.3) is 0 Å². The summed E-state index contributed by atoms with van der Waals surface area (Å²) >= 11 is 0. The molecule has 0 saturated heterocycles. The topological polar surface area (TPSA) is 89.8 Å². The van der Waals surface area contributed by atoms with E-state index in [1.165, 1.54) is 0 Å². The summed E-state index contributed by atoms with van der Waals surface area (Å²) in [5.74, 6) is -1.46. The van der Waals surface area contributed by atoms with Gasteiger partial charge < -0.3 is 20.6 Å². The first-order valence-electron chi connectivity index (χ1n) is 6.09. The maximum Gasteiger partial charge on any atom is 0.335 e.